The summed E-state index contributed by atoms with van der Waals surface area (Å²) in [5.74, 6) is -0.298. The SMILES string of the molecule is Cc1cc(N)nc(-c2ncc3c(N(C)[C@@H]4CCN(C(=O)/C=C/c5nc(C6CC6)no5)C4)nc(OC[C@@]45CCCN4C[C@H](F)C5)nc3c2F)c1C(F)(F)F. The number of nitrogens with two attached hydrogens (primary N) is 1. The highest BCUT2D eigenvalue weighted by atomic mass is 19.4. The van der Waals surface area contributed by atoms with Crippen LogP contribution < -0.4 is 15.4 Å². The number of halogens is 5. The highest BCUT2D eigenvalue weighted by Gasteiger charge is 2.49. The van der Waals surface area contributed by atoms with Gasteiger partial charge in [-0.15, -0.1) is 0 Å². The van der Waals surface area contributed by atoms with Crippen molar-refractivity contribution in [3.8, 4) is 17.4 Å². The monoisotopic (exact) mass is 740 g/mol. The predicted molar refractivity (Wildman–Crippen MR) is 182 cm³/mol. The van der Waals surface area contributed by atoms with E-state index in [4.69, 9.17) is 15.0 Å². The van der Waals surface area contributed by atoms with Crippen LogP contribution in [0, 0.1) is 12.7 Å². The Balaban J connectivity index is 1.12. The molecule has 7 heterocycles. The van der Waals surface area contributed by atoms with Crippen molar-refractivity contribution in [1.82, 2.24) is 39.9 Å². The normalized spacial score (nSPS) is 23.4. The minimum atomic E-state index is -4.89. The number of nitrogens with zero attached hydrogens (tertiary/aromatic N) is 9. The molecule has 13 nitrogen and oxygen atoms in total. The number of pyridine rings is 2. The van der Waals surface area contributed by atoms with E-state index in [-0.39, 0.29) is 78.1 Å². The lowest BCUT2D eigenvalue weighted by Gasteiger charge is -2.31. The first-order valence-corrected chi connectivity index (χ1v) is 17.6. The Morgan fingerprint density at radius 2 is 1.96 bits per heavy atom. The van der Waals surface area contributed by atoms with E-state index in [9.17, 15) is 22.4 Å². The summed E-state index contributed by atoms with van der Waals surface area (Å²) in [5.41, 5.74) is 2.03. The van der Waals surface area contributed by atoms with Gasteiger partial charge in [0.1, 0.15) is 41.3 Å². The minimum Gasteiger partial charge on any atom is -0.461 e. The molecule has 53 heavy (non-hydrogen) atoms. The Kier molecular flexibility index (Phi) is 8.69. The number of hydrogen-bond donors (Lipinski definition) is 1. The molecule has 1 amide bonds. The zero-order valence-electron chi connectivity index (χ0n) is 29.0. The van der Waals surface area contributed by atoms with Crippen molar-refractivity contribution in [2.45, 2.75) is 75.3 Å². The van der Waals surface area contributed by atoms with Gasteiger partial charge in [0.05, 0.1) is 16.5 Å². The second-order valence-corrected chi connectivity index (χ2v) is 14.4. The molecule has 0 aromatic carbocycles. The molecular formula is C35H37F5N10O3. The van der Waals surface area contributed by atoms with Crippen molar-refractivity contribution in [2.24, 2.45) is 0 Å². The van der Waals surface area contributed by atoms with Crippen LogP contribution in [-0.4, -0.2) is 103 Å². The van der Waals surface area contributed by atoms with E-state index in [1.54, 1.807) is 16.8 Å². The molecule has 280 valence electrons. The maximum Gasteiger partial charge on any atom is 0.418 e. The maximum atomic E-state index is 16.6. The number of rotatable bonds is 9. The molecule has 0 bridgehead atoms. The lowest BCUT2D eigenvalue weighted by molar-refractivity contribution is -0.137. The van der Waals surface area contributed by atoms with E-state index < -0.39 is 40.7 Å². The number of likely N-dealkylation sites (N-methyl/N-ethyl adjacent to an activating group) is 1. The Labute approximate surface area is 300 Å². The van der Waals surface area contributed by atoms with E-state index in [0.717, 1.165) is 31.9 Å². The molecule has 0 radical (unpaired) electrons. The molecule has 3 atom stereocenters. The van der Waals surface area contributed by atoms with Gasteiger partial charge in [0.2, 0.25) is 5.91 Å². The van der Waals surface area contributed by atoms with Gasteiger partial charge in [-0.2, -0.15) is 28.1 Å². The van der Waals surface area contributed by atoms with Crippen LogP contribution in [0.2, 0.25) is 0 Å². The van der Waals surface area contributed by atoms with Gasteiger partial charge in [-0.25, -0.2) is 13.8 Å². The predicted octanol–water partition coefficient (Wildman–Crippen LogP) is 5.10. The molecule has 4 aliphatic rings. The summed E-state index contributed by atoms with van der Waals surface area (Å²) in [4.78, 5) is 39.9. The fraction of sp³-hybridized carbons (Fsp3) is 0.514. The van der Waals surface area contributed by atoms with Gasteiger partial charge in [0.15, 0.2) is 11.6 Å². The van der Waals surface area contributed by atoms with Crippen molar-refractivity contribution < 1.29 is 36.0 Å². The first-order chi connectivity index (χ1) is 25.3. The second kappa shape index (κ2) is 13.1. The van der Waals surface area contributed by atoms with Crippen LogP contribution >= 0.6 is 0 Å². The van der Waals surface area contributed by atoms with E-state index in [2.05, 4.69) is 30.1 Å². The quantitative estimate of drug-likeness (QED) is 0.180. The number of aryl methyl sites for hydroxylation is 1. The molecule has 18 heteroatoms. The number of carbonyl (C=O) groups is 1. The van der Waals surface area contributed by atoms with Gasteiger partial charge >= 0.3 is 12.2 Å². The highest BCUT2D eigenvalue weighted by Crippen LogP contribution is 2.43. The van der Waals surface area contributed by atoms with Gasteiger partial charge in [-0.05, 0) is 57.2 Å². The molecule has 4 fully saturated rings. The Hall–Kier alpha value is -5.00. The van der Waals surface area contributed by atoms with Crippen molar-refractivity contribution in [3.05, 3.63) is 47.0 Å². The average molecular weight is 741 g/mol. The molecule has 3 aliphatic heterocycles. The van der Waals surface area contributed by atoms with Crippen molar-refractivity contribution >= 4 is 34.5 Å². The van der Waals surface area contributed by atoms with Crippen LogP contribution in [0.4, 0.5) is 33.6 Å². The second-order valence-electron chi connectivity index (χ2n) is 14.4. The van der Waals surface area contributed by atoms with E-state index >= 15 is 4.39 Å². The number of carbonyl (C=O) groups excluding carboxylic acids is 1. The number of hydrogen-bond acceptors (Lipinski definition) is 12. The van der Waals surface area contributed by atoms with E-state index in [1.807, 2.05) is 4.90 Å². The van der Waals surface area contributed by atoms with Crippen molar-refractivity contribution in [2.75, 3.05) is 50.5 Å². The summed E-state index contributed by atoms with van der Waals surface area (Å²) in [5, 5.41) is 4.06. The van der Waals surface area contributed by atoms with Crippen LogP contribution in [0.5, 0.6) is 6.01 Å². The number of ether oxygens (including phenoxy) is 1. The largest absolute Gasteiger partial charge is 0.461 e. The minimum absolute atomic E-state index is 0.0378. The Morgan fingerprint density at radius 1 is 1.15 bits per heavy atom. The number of nitrogen functional groups attached to an aromatic ring is 1. The first kappa shape index (κ1) is 35.1. The van der Waals surface area contributed by atoms with Gasteiger partial charge in [-0.3, -0.25) is 14.7 Å². The lowest BCUT2D eigenvalue weighted by atomic mass is 9.95. The molecule has 2 N–H and O–H groups in total. The molecule has 3 saturated heterocycles. The molecule has 1 saturated carbocycles. The number of amides is 1. The number of aromatic nitrogens is 6. The average Bonchev–Trinajstić information content (AvgIpc) is 3.40. The van der Waals surface area contributed by atoms with Crippen LogP contribution in [0.1, 0.15) is 67.3 Å². The van der Waals surface area contributed by atoms with Crippen molar-refractivity contribution in [1.29, 1.82) is 0 Å². The van der Waals surface area contributed by atoms with Gasteiger partial charge in [0.25, 0.3) is 5.89 Å². The first-order valence-electron chi connectivity index (χ1n) is 17.6. The fourth-order valence-electron chi connectivity index (χ4n) is 7.90. The zero-order chi connectivity index (χ0) is 37.2. The lowest BCUT2D eigenvalue weighted by Crippen LogP contribution is -2.43. The van der Waals surface area contributed by atoms with Crippen LogP contribution in [0.15, 0.2) is 22.9 Å². The number of fused-ring (bicyclic) bond motifs is 2. The van der Waals surface area contributed by atoms with Gasteiger partial charge in [-0.1, -0.05) is 5.16 Å². The Morgan fingerprint density at radius 3 is 2.74 bits per heavy atom. The third-order valence-corrected chi connectivity index (χ3v) is 10.7. The summed E-state index contributed by atoms with van der Waals surface area (Å²) in [6.45, 7) is 2.94. The maximum absolute atomic E-state index is 16.6. The molecule has 1 aliphatic carbocycles. The van der Waals surface area contributed by atoms with E-state index in [1.165, 1.54) is 25.3 Å². The topological polar surface area (TPSA) is 153 Å². The molecule has 4 aromatic rings. The number of alkyl halides is 4. The molecule has 0 unspecified atom stereocenters. The van der Waals surface area contributed by atoms with Gasteiger partial charge in [0, 0.05) is 63.4 Å². The molecule has 0 spiro atoms. The molecule has 4 aromatic heterocycles. The van der Waals surface area contributed by atoms with Crippen molar-refractivity contribution in [3.63, 3.8) is 0 Å². The van der Waals surface area contributed by atoms with Crippen LogP contribution in [-0.2, 0) is 11.0 Å². The smallest absolute Gasteiger partial charge is 0.418 e. The van der Waals surface area contributed by atoms with Crippen LogP contribution in [0.25, 0.3) is 28.4 Å². The third kappa shape index (κ3) is 6.61. The summed E-state index contributed by atoms with van der Waals surface area (Å²) in [6.07, 6.45) is 2.53. The summed E-state index contributed by atoms with van der Waals surface area (Å²) < 4.78 is 85.3. The summed E-state index contributed by atoms with van der Waals surface area (Å²) >= 11 is 0. The highest BCUT2D eigenvalue weighted by molar-refractivity contribution is 5.93. The van der Waals surface area contributed by atoms with Crippen LogP contribution in [0.3, 0.4) is 0 Å². The number of likely N-dealkylation sites (tertiary alicyclic amines) is 1. The van der Waals surface area contributed by atoms with E-state index in [0.29, 0.717) is 31.1 Å². The molecular weight excluding hydrogens is 703 g/mol. The number of anilines is 2. The zero-order valence-corrected chi connectivity index (χ0v) is 29.0. The summed E-state index contributed by atoms with van der Waals surface area (Å²) in [7, 11) is 1.72. The van der Waals surface area contributed by atoms with Gasteiger partial charge < -0.3 is 24.8 Å². The standard InChI is InChI=1S/C35H37F5N10O3/c1-18-12-23(41)43-29(26(18)35(38,39)40)30-27(37)28-22(14-42-30)32(46-33(45-28)52-17-34-9-3-10-50(34)15-20(36)13-34)48(2)21-8-11-49(16-21)25(51)7-6-24-44-31(47-53-24)19-4-5-19/h6-7,12,14,19-21H,3-5,8-11,13,15-17H2,1-2H3,(H2,41,43)/b7-6+/t20-,21-,34+/m1/s1. The molecule has 8 rings (SSSR count). The fourth-order valence-corrected chi connectivity index (χ4v) is 7.90. The Bertz CT molecular complexity index is 2110. The third-order valence-electron chi connectivity index (χ3n) is 10.7. The summed E-state index contributed by atoms with van der Waals surface area (Å²) in [6, 6.07) is 0.530.